The van der Waals surface area contributed by atoms with E-state index in [2.05, 4.69) is 5.32 Å². The van der Waals surface area contributed by atoms with Crippen molar-refractivity contribution in [3.63, 3.8) is 0 Å². The van der Waals surface area contributed by atoms with Crippen molar-refractivity contribution >= 4 is 17.9 Å². The zero-order valence-corrected chi connectivity index (χ0v) is 10.7. The van der Waals surface area contributed by atoms with Gasteiger partial charge in [-0.05, 0) is 25.0 Å². The molecule has 1 aromatic heterocycles. The summed E-state index contributed by atoms with van der Waals surface area (Å²) in [6.07, 6.45) is 3.16. The van der Waals surface area contributed by atoms with Crippen molar-refractivity contribution in [3.8, 4) is 0 Å². The fraction of sp³-hybridized carbons (Fsp3) is 0.462. The molecule has 1 saturated carbocycles. The maximum atomic E-state index is 12.4. The standard InChI is InChI=1S/C13H14N2O5/c16-10(17)9-4-3-8(20-9)7-15-11(18)13(14-12(15)19)5-1-2-6-13/h3-4H,1-2,5-7H2,(H,14,19)(H,16,17). The molecule has 106 valence electrons. The van der Waals surface area contributed by atoms with E-state index in [1.165, 1.54) is 12.1 Å². The second-order valence-electron chi connectivity index (χ2n) is 5.18. The molecule has 2 aliphatic rings. The first-order valence-electron chi connectivity index (χ1n) is 6.48. The fourth-order valence-corrected chi connectivity index (χ4v) is 2.87. The Hall–Kier alpha value is -2.31. The Kier molecular flexibility index (Phi) is 2.77. The van der Waals surface area contributed by atoms with Crippen molar-refractivity contribution in [1.82, 2.24) is 10.2 Å². The monoisotopic (exact) mass is 278 g/mol. The summed E-state index contributed by atoms with van der Waals surface area (Å²) in [5.74, 6) is -1.35. The highest BCUT2D eigenvalue weighted by atomic mass is 16.4. The smallest absolute Gasteiger partial charge is 0.371 e. The molecule has 0 unspecified atom stereocenters. The highest BCUT2D eigenvalue weighted by Crippen LogP contribution is 2.35. The van der Waals surface area contributed by atoms with Gasteiger partial charge < -0.3 is 14.8 Å². The van der Waals surface area contributed by atoms with E-state index < -0.39 is 17.5 Å². The third-order valence-corrected chi connectivity index (χ3v) is 3.89. The number of nitrogens with one attached hydrogen (secondary N) is 1. The predicted octanol–water partition coefficient (Wildman–Crippen LogP) is 1.34. The molecular formula is C13H14N2O5. The first kappa shape index (κ1) is 12.7. The number of amides is 3. The van der Waals surface area contributed by atoms with Crippen LogP contribution in [0.3, 0.4) is 0 Å². The molecule has 2 fully saturated rings. The number of imide groups is 1. The van der Waals surface area contributed by atoms with Crippen LogP contribution in [0.25, 0.3) is 0 Å². The van der Waals surface area contributed by atoms with Gasteiger partial charge in [0.25, 0.3) is 5.91 Å². The normalized spacial score (nSPS) is 20.7. The lowest BCUT2D eigenvalue weighted by Crippen LogP contribution is -2.44. The van der Waals surface area contributed by atoms with Crippen LogP contribution in [0.5, 0.6) is 0 Å². The average Bonchev–Trinajstić information content (AvgIpc) is 3.08. The lowest BCUT2D eigenvalue weighted by atomic mass is 9.98. The Morgan fingerprint density at radius 1 is 1.35 bits per heavy atom. The second-order valence-corrected chi connectivity index (χ2v) is 5.18. The third-order valence-electron chi connectivity index (χ3n) is 3.89. The van der Waals surface area contributed by atoms with Crippen molar-refractivity contribution in [1.29, 1.82) is 0 Å². The second kappa shape index (κ2) is 4.36. The number of hydrogen-bond acceptors (Lipinski definition) is 4. The molecule has 1 aliphatic carbocycles. The average molecular weight is 278 g/mol. The van der Waals surface area contributed by atoms with Gasteiger partial charge in [0, 0.05) is 0 Å². The van der Waals surface area contributed by atoms with E-state index in [1.54, 1.807) is 0 Å². The minimum Gasteiger partial charge on any atom is -0.475 e. The summed E-state index contributed by atoms with van der Waals surface area (Å²) in [6, 6.07) is 2.33. The molecule has 0 radical (unpaired) electrons. The molecule has 1 spiro atoms. The van der Waals surface area contributed by atoms with Crippen molar-refractivity contribution in [3.05, 3.63) is 23.7 Å². The summed E-state index contributed by atoms with van der Waals surface area (Å²) in [5.41, 5.74) is -0.751. The Morgan fingerprint density at radius 2 is 2.05 bits per heavy atom. The van der Waals surface area contributed by atoms with Crippen molar-refractivity contribution in [2.75, 3.05) is 0 Å². The number of carbonyl (C=O) groups is 3. The van der Waals surface area contributed by atoms with Crippen LogP contribution in [0.4, 0.5) is 4.79 Å². The van der Waals surface area contributed by atoms with Gasteiger partial charge in [-0.3, -0.25) is 9.69 Å². The molecule has 20 heavy (non-hydrogen) atoms. The van der Waals surface area contributed by atoms with E-state index >= 15 is 0 Å². The minimum atomic E-state index is -1.18. The van der Waals surface area contributed by atoms with Crippen LogP contribution < -0.4 is 5.32 Å². The first-order valence-corrected chi connectivity index (χ1v) is 6.48. The molecule has 3 rings (SSSR count). The molecule has 1 aliphatic heterocycles. The quantitative estimate of drug-likeness (QED) is 0.813. The number of urea groups is 1. The van der Waals surface area contributed by atoms with Crippen molar-refractivity contribution in [2.45, 2.75) is 37.8 Å². The fourth-order valence-electron chi connectivity index (χ4n) is 2.87. The SMILES string of the molecule is O=C(O)c1ccc(CN2C(=O)NC3(CCCC3)C2=O)o1. The van der Waals surface area contributed by atoms with Crippen molar-refractivity contribution in [2.24, 2.45) is 0 Å². The van der Waals surface area contributed by atoms with Gasteiger partial charge in [-0.2, -0.15) is 0 Å². The molecule has 3 amide bonds. The number of carbonyl (C=O) groups excluding carboxylic acids is 2. The zero-order chi connectivity index (χ0) is 14.3. The lowest BCUT2D eigenvalue weighted by Gasteiger charge is -2.19. The molecule has 2 heterocycles. The number of furan rings is 1. The molecule has 0 bridgehead atoms. The Balaban J connectivity index is 1.78. The first-order chi connectivity index (χ1) is 9.52. The number of nitrogens with zero attached hydrogens (tertiary/aromatic N) is 1. The van der Waals surface area contributed by atoms with E-state index in [9.17, 15) is 14.4 Å². The van der Waals surface area contributed by atoms with Crippen LogP contribution in [-0.4, -0.2) is 33.5 Å². The number of carboxylic acid groups (broad SMARTS) is 1. The van der Waals surface area contributed by atoms with Gasteiger partial charge in [0.2, 0.25) is 5.76 Å². The van der Waals surface area contributed by atoms with E-state index in [1.807, 2.05) is 0 Å². The molecule has 0 aromatic carbocycles. The number of rotatable bonds is 3. The van der Waals surface area contributed by atoms with Crippen LogP contribution in [-0.2, 0) is 11.3 Å². The van der Waals surface area contributed by atoms with Crippen molar-refractivity contribution < 1.29 is 23.9 Å². The highest BCUT2D eigenvalue weighted by molar-refractivity contribution is 6.07. The molecule has 7 nitrogen and oxygen atoms in total. The summed E-state index contributed by atoms with van der Waals surface area (Å²) in [5, 5.41) is 11.5. The number of carboxylic acids is 1. The predicted molar refractivity (Wildman–Crippen MR) is 65.9 cm³/mol. The third kappa shape index (κ3) is 1.86. The summed E-state index contributed by atoms with van der Waals surface area (Å²) >= 11 is 0. The summed E-state index contributed by atoms with van der Waals surface area (Å²) in [7, 11) is 0. The summed E-state index contributed by atoms with van der Waals surface area (Å²) < 4.78 is 5.08. The molecule has 0 atom stereocenters. The largest absolute Gasteiger partial charge is 0.475 e. The Bertz CT molecular complexity index is 585. The molecular weight excluding hydrogens is 264 g/mol. The summed E-state index contributed by atoms with van der Waals surface area (Å²) in [6.45, 7) is -0.0420. The molecule has 1 aromatic rings. The Morgan fingerprint density at radius 3 is 2.65 bits per heavy atom. The number of hydrogen-bond donors (Lipinski definition) is 2. The van der Waals surface area contributed by atoms with E-state index in [4.69, 9.17) is 9.52 Å². The number of aromatic carboxylic acids is 1. The van der Waals surface area contributed by atoms with E-state index in [0.717, 1.165) is 17.7 Å². The van der Waals surface area contributed by atoms with Crippen LogP contribution in [0, 0.1) is 0 Å². The topological polar surface area (TPSA) is 99.9 Å². The summed E-state index contributed by atoms with van der Waals surface area (Å²) in [4.78, 5) is 36.1. The molecule has 1 saturated heterocycles. The molecule has 7 heteroatoms. The maximum absolute atomic E-state index is 12.4. The van der Waals surface area contributed by atoms with E-state index in [0.29, 0.717) is 12.8 Å². The van der Waals surface area contributed by atoms with E-state index in [-0.39, 0.29) is 24.0 Å². The van der Waals surface area contributed by atoms with Gasteiger partial charge in [-0.25, -0.2) is 9.59 Å². The molecule has 2 N–H and O–H groups in total. The van der Waals surface area contributed by atoms with Gasteiger partial charge in [0.15, 0.2) is 0 Å². The Labute approximate surface area is 114 Å². The highest BCUT2D eigenvalue weighted by Gasteiger charge is 2.52. The van der Waals surface area contributed by atoms with Crippen LogP contribution in [0.15, 0.2) is 16.5 Å². The minimum absolute atomic E-state index is 0.0420. The maximum Gasteiger partial charge on any atom is 0.371 e. The van der Waals surface area contributed by atoms with Gasteiger partial charge in [0.1, 0.15) is 11.3 Å². The lowest BCUT2D eigenvalue weighted by molar-refractivity contribution is -0.131. The zero-order valence-electron chi connectivity index (χ0n) is 10.7. The van der Waals surface area contributed by atoms with Gasteiger partial charge in [-0.15, -0.1) is 0 Å². The van der Waals surface area contributed by atoms with Gasteiger partial charge >= 0.3 is 12.0 Å². The van der Waals surface area contributed by atoms with Crippen LogP contribution in [0.2, 0.25) is 0 Å². The van der Waals surface area contributed by atoms with Crippen LogP contribution in [0.1, 0.15) is 42.0 Å². The van der Waals surface area contributed by atoms with Gasteiger partial charge in [-0.1, -0.05) is 12.8 Å². The van der Waals surface area contributed by atoms with Crippen LogP contribution >= 0.6 is 0 Å². The van der Waals surface area contributed by atoms with Gasteiger partial charge in [0.05, 0.1) is 6.54 Å².